The van der Waals surface area contributed by atoms with Crippen LogP contribution in [0.1, 0.15) is 49.8 Å². The summed E-state index contributed by atoms with van der Waals surface area (Å²) in [6.07, 6.45) is 11.5. The van der Waals surface area contributed by atoms with Gasteiger partial charge in [0.15, 0.2) is 0 Å². The summed E-state index contributed by atoms with van der Waals surface area (Å²) in [6, 6.07) is 0. The number of hydrogen-bond donors (Lipinski definition) is 2. The molecule has 3 nitrogen and oxygen atoms in total. The summed E-state index contributed by atoms with van der Waals surface area (Å²) < 4.78 is 0. The van der Waals surface area contributed by atoms with Crippen LogP contribution in [0.2, 0.25) is 0 Å². The van der Waals surface area contributed by atoms with Crippen molar-refractivity contribution in [3.63, 3.8) is 0 Å². The molecule has 1 aromatic rings. The lowest BCUT2D eigenvalue weighted by atomic mass is 9.89. The number of H-pyrrole nitrogens is 1. The number of nitrogens with zero attached hydrogens (tertiary/aromatic N) is 1. The first-order valence-corrected chi connectivity index (χ1v) is 7.06. The third-order valence-corrected chi connectivity index (χ3v) is 3.89. The number of hydrogen-bond acceptors (Lipinski definition) is 2. The summed E-state index contributed by atoms with van der Waals surface area (Å²) in [5.41, 5.74) is 2.58. The van der Waals surface area contributed by atoms with Crippen molar-refractivity contribution in [2.75, 3.05) is 13.1 Å². The van der Waals surface area contributed by atoms with Gasteiger partial charge in [0.1, 0.15) is 0 Å². The van der Waals surface area contributed by atoms with Gasteiger partial charge in [-0.05, 0) is 57.2 Å². The lowest BCUT2D eigenvalue weighted by Crippen LogP contribution is -2.25. The largest absolute Gasteiger partial charge is 0.316 e. The Kier molecular flexibility index (Phi) is 5.05. The van der Waals surface area contributed by atoms with Gasteiger partial charge < -0.3 is 5.32 Å². The third kappa shape index (κ3) is 4.15. The maximum Gasteiger partial charge on any atom is 0.0522 e. The summed E-state index contributed by atoms with van der Waals surface area (Å²) in [7, 11) is 0. The Bertz CT molecular complexity index is 313. The molecule has 1 aliphatic rings. The SMILES string of the molecule is Cc1[nH]ncc1CCCNCC1CCCCC1. The molecule has 0 bridgehead atoms. The molecule has 17 heavy (non-hydrogen) atoms. The summed E-state index contributed by atoms with van der Waals surface area (Å²) >= 11 is 0. The van der Waals surface area contributed by atoms with Gasteiger partial charge in [-0.25, -0.2) is 0 Å². The zero-order chi connectivity index (χ0) is 11.9. The highest BCUT2D eigenvalue weighted by molar-refractivity contribution is 5.14. The van der Waals surface area contributed by atoms with Gasteiger partial charge in [0.25, 0.3) is 0 Å². The minimum atomic E-state index is 0.944. The molecule has 0 amide bonds. The highest BCUT2D eigenvalue weighted by Crippen LogP contribution is 2.22. The van der Waals surface area contributed by atoms with Crippen LogP contribution in [0.3, 0.4) is 0 Å². The van der Waals surface area contributed by atoms with Gasteiger partial charge in [0.05, 0.1) is 6.20 Å². The molecule has 2 rings (SSSR count). The summed E-state index contributed by atoms with van der Waals surface area (Å²) in [4.78, 5) is 0. The molecule has 0 aromatic carbocycles. The van der Waals surface area contributed by atoms with E-state index in [-0.39, 0.29) is 0 Å². The normalized spacial score (nSPS) is 17.5. The Morgan fingerprint density at radius 3 is 2.88 bits per heavy atom. The van der Waals surface area contributed by atoms with Crippen LogP contribution in [0.15, 0.2) is 6.20 Å². The van der Waals surface area contributed by atoms with Gasteiger partial charge in [0, 0.05) is 5.69 Å². The van der Waals surface area contributed by atoms with Gasteiger partial charge in [-0.15, -0.1) is 0 Å². The molecule has 1 aliphatic carbocycles. The average Bonchev–Trinajstić information content (AvgIpc) is 2.76. The third-order valence-electron chi connectivity index (χ3n) is 3.89. The fraction of sp³-hybridized carbons (Fsp3) is 0.786. The second-order valence-electron chi connectivity index (χ2n) is 5.33. The Labute approximate surface area is 104 Å². The van der Waals surface area contributed by atoms with Crippen molar-refractivity contribution < 1.29 is 0 Å². The summed E-state index contributed by atoms with van der Waals surface area (Å²) in [6.45, 7) is 4.46. The van der Waals surface area contributed by atoms with Crippen LogP contribution in [0.5, 0.6) is 0 Å². The van der Waals surface area contributed by atoms with Crippen LogP contribution in [-0.4, -0.2) is 23.3 Å². The minimum absolute atomic E-state index is 0.944. The van der Waals surface area contributed by atoms with Gasteiger partial charge in [-0.3, -0.25) is 5.10 Å². The van der Waals surface area contributed by atoms with Crippen LogP contribution >= 0.6 is 0 Å². The topological polar surface area (TPSA) is 40.7 Å². The fourth-order valence-corrected chi connectivity index (χ4v) is 2.73. The first-order chi connectivity index (χ1) is 8.36. The second kappa shape index (κ2) is 6.80. The van der Waals surface area contributed by atoms with Crippen molar-refractivity contribution in [3.05, 3.63) is 17.5 Å². The van der Waals surface area contributed by atoms with Crippen molar-refractivity contribution in [3.8, 4) is 0 Å². The monoisotopic (exact) mass is 235 g/mol. The highest BCUT2D eigenvalue weighted by Gasteiger charge is 2.12. The van der Waals surface area contributed by atoms with Crippen molar-refractivity contribution in [1.82, 2.24) is 15.5 Å². The maximum atomic E-state index is 4.05. The van der Waals surface area contributed by atoms with Crippen LogP contribution in [0.25, 0.3) is 0 Å². The lowest BCUT2D eigenvalue weighted by molar-refractivity contribution is 0.342. The van der Waals surface area contributed by atoms with E-state index in [1.807, 2.05) is 6.20 Å². The van der Waals surface area contributed by atoms with E-state index in [1.54, 1.807) is 0 Å². The maximum absolute atomic E-state index is 4.05. The standard InChI is InChI=1S/C14H25N3/c1-12-14(11-16-17-12)8-5-9-15-10-13-6-3-2-4-7-13/h11,13,15H,2-10H2,1H3,(H,16,17). The molecule has 0 spiro atoms. The Morgan fingerprint density at radius 1 is 1.35 bits per heavy atom. The molecule has 2 N–H and O–H groups in total. The molecule has 0 unspecified atom stereocenters. The predicted octanol–water partition coefficient (Wildman–Crippen LogP) is 2.82. The fourth-order valence-electron chi connectivity index (χ4n) is 2.73. The number of nitrogens with one attached hydrogen (secondary N) is 2. The van der Waals surface area contributed by atoms with Gasteiger partial charge in [-0.2, -0.15) is 5.10 Å². The summed E-state index contributed by atoms with van der Waals surface area (Å²) in [5, 5.41) is 10.6. The van der Waals surface area contributed by atoms with E-state index in [2.05, 4.69) is 22.4 Å². The summed E-state index contributed by atoms with van der Waals surface area (Å²) in [5.74, 6) is 0.944. The smallest absolute Gasteiger partial charge is 0.0522 e. The van der Waals surface area contributed by atoms with E-state index in [4.69, 9.17) is 0 Å². The number of aromatic nitrogens is 2. The van der Waals surface area contributed by atoms with E-state index >= 15 is 0 Å². The van der Waals surface area contributed by atoms with Gasteiger partial charge in [0.2, 0.25) is 0 Å². The minimum Gasteiger partial charge on any atom is -0.316 e. The first-order valence-electron chi connectivity index (χ1n) is 7.06. The van der Waals surface area contributed by atoms with E-state index in [9.17, 15) is 0 Å². The molecular formula is C14H25N3. The second-order valence-corrected chi connectivity index (χ2v) is 5.33. The number of aryl methyl sites for hydroxylation is 2. The van der Waals surface area contributed by atoms with Gasteiger partial charge >= 0.3 is 0 Å². The molecule has 3 heteroatoms. The van der Waals surface area contributed by atoms with E-state index in [0.717, 1.165) is 18.9 Å². The van der Waals surface area contributed by atoms with E-state index in [1.165, 1.54) is 56.3 Å². The van der Waals surface area contributed by atoms with Crippen LogP contribution in [-0.2, 0) is 6.42 Å². The Balaban J connectivity index is 1.53. The van der Waals surface area contributed by atoms with Crippen LogP contribution < -0.4 is 5.32 Å². The van der Waals surface area contributed by atoms with Gasteiger partial charge in [-0.1, -0.05) is 19.3 Å². The molecule has 1 saturated carbocycles. The number of aromatic amines is 1. The first kappa shape index (κ1) is 12.6. The van der Waals surface area contributed by atoms with Crippen LogP contribution in [0.4, 0.5) is 0 Å². The van der Waals surface area contributed by atoms with Crippen molar-refractivity contribution in [2.24, 2.45) is 5.92 Å². The Morgan fingerprint density at radius 2 is 2.18 bits per heavy atom. The van der Waals surface area contributed by atoms with Crippen molar-refractivity contribution in [1.29, 1.82) is 0 Å². The van der Waals surface area contributed by atoms with E-state index in [0.29, 0.717) is 0 Å². The van der Waals surface area contributed by atoms with Crippen molar-refractivity contribution >= 4 is 0 Å². The van der Waals surface area contributed by atoms with Crippen molar-refractivity contribution in [2.45, 2.75) is 51.9 Å². The highest BCUT2D eigenvalue weighted by atomic mass is 15.1. The molecule has 1 heterocycles. The molecule has 0 saturated heterocycles. The Hall–Kier alpha value is -0.830. The molecule has 1 fully saturated rings. The average molecular weight is 235 g/mol. The van der Waals surface area contributed by atoms with E-state index < -0.39 is 0 Å². The lowest BCUT2D eigenvalue weighted by Gasteiger charge is -2.21. The predicted molar refractivity (Wildman–Crippen MR) is 71.1 cm³/mol. The molecular weight excluding hydrogens is 210 g/mol. The molecule has 1 aromatic heterocycles. The molecule has 0 aliphatic heterocycles. The zero-order valence-electron chi connectivity index (χ0n) is 11.0. The van der Waals surface area contributed by atoms with Crippen LogP contribution in [0, 0.1) is 12.8 Å². The molecule has 96 valence electrons. The number of rotatable bonds is 6. The quantitative estimate of drug-likeness (QED) is 0.744. The molecule has 0 radical (unpaired) electrons. The zero-order valence-corrected chi connectivity index (χ0v) is 11.0. The molecule has 0 atom stereocenters.